The summed E-state index contributed by atoms with van der Waals surface area (Å²) in [5.74, 6) is 1.65. The summed E-state index contributed by atoms with van der Waals surface area (Å²) in [6.45, 7) is 2.00. The van der Waals surface area contributed by atoms with Gasteiger partial charge in [0.15, 0.2) is 11.6 Å². The van der Waals surface area contributed by atoms with Gasteiger partial charge in [-0.1, -0.05) is 24.3 Å². The molecule has 0 atom stereocenters. The third-order valence-corrected chi connectivity index (χ3v) is 7.81. The van der Waals surface area contributed by atoms with Gasteiger partial charge in [0.2, 0.25) is 0 Å². The van der Waals surface area contributed by atoms with Gasteiger partial charge in [0.1, 0.15) is 23.1 Å². The summed E-state index contributed by atoms with van der Waals surface area (Å²) < 4.78 is 25.0. The summed E-state index contributed by atoms with van der Waals surface area (Å²) >= 11 is 0. The molecule has 6 nitrogen and oxygen atoms in total. The number of ketones is 2. The van der Waals surface area contributed by atoms with Crippen LogP contribution in [0.25, 0.3) is 10.9 Å². The standard InChI is InChI=1S/C32H29FN2O4/c1-38-29-20-26-25(19-27(29)35-15-2-16-35)28(11-14-34-26)39-24-9-5-22(6-10-24)18-31(37)32(12-13-32)30(36)17-21-3-7-23(33)8-4-21/h3-11,14,19-20H,2,12-13,15-18H2,1H3. The molecule has 0 unspecified atom stereocenters. The number of anilines is 1. The van der Waals surface area contributed by atoms with E-state index in [0.717, 1.165) is 53.0 Å². The van der Waals surface area contributed by atoms with Gasteiger partial charge < -0.3 is 14.4 Å². The first-order valence-electron chi connectivity index (χ1n) is 13.2. The molecule has 0 radical (unpaired) electrons. The molecule has 7 heteroatoms. The maximum atomic E-state index is 13.2. The van der Waals surface area contributed by atoms with E-state index in [-0.39, 0.29) is 30.2 Å². The van der Waals surface area contributed by atoms with E-state index in [0.29, 0.717) is 24.3 Å². The number of methoxy groups -OCH3 is 1. The van der Waals surface area contributed by atoms with Crippen LogP contribution < -0.4 is 14.4 Å². The molecule has 3 aromatic carbocycles. The highest BCUT2D eigenvalue weighted by atomic mass is 19.1. The summed E-state index contributed by atoms with van der Waals surface area (Å²) in [6.07, 6.45) is 4.36. The van der Waals surface area contributed by atoms with Gasteiger partial charge in [-0.05, 0) is 66.8 Å². The fourth-order valence-corrected chi connectivity index (χ4v) is 5.15. The summed E-state index contributed by atoms with van der Waals surface area (Å²) in [6, 6.07) is 19.1. The molecule has 6 rings (SSSR count). The number of Topliss-reactive ketones (excluding diaryl/α,β-unsaturated/α-hetero) is 2. The molecule has 0 bridgehead atoms. The van der Waals surface area contributed by atoms with Crippen LogP contribution in [0.5, 0.6) is 17.2 Å². The molecule has 1 aliphatic carbocycles. The zero-order chi connectivity index (χ0) is 27.0. The predicted molar refractivity (Wildman–Crippen MR) is 147 cm³/mol. The van der Waals surface area contributed by atoms with Crippen molar-refractivity contribution >= 4 is 28.2 Å². The van der Waals surface area contributed by atoms with Crippen LogP contribution in [-0.4, -0.2) is 36.7 Å². The largest absolute Gasteiger partial charge is 0.495 e. The van der Waals surface area contributed by atoms with Crippen LogP contribution in [-0.2, 0) is 22.4 Å². The third kappa shape index (κ3) is 4.97. The van der Waals surface area contributed by atoms with E-state index in [1.165, 1.54) is 12.1 Å². The van der Waals surface area contributed by atoms with Gasteiger partial charge in [-0.15, -0.1) is 0 Å². The molecule has 1 aliphatic heterocycles. The minimum atomic E-state index is -0.908. The zero-order valence-electron chi connectivity index (χ0n) is 21.8. The molecule has 39 heavy (non-hydrogen) atoms. The van der Waals surface area contributed by atoms with E-state index in [2.05, 4.69) is 16.0 Å². The normalized spacial score (nSPS) is 15.5. The average Bonchev–Trinajstić information content (AvgIpc) is 3.73. The number of hydrogen-bond donors (Lipinski definition) is 0. The van der Waals surface area contributed by atoms with Gasteiger partial charge in [0.05, 0.1) is 23.7 Å². The molecule has 2 heterocycles. The minimum absolute atomic E-state index is 0.0594. The Labute approximate surface area is 226 Å². The summed E-state index contributed by atoms with van der Waals surface area (Å²) in [5, 5.41) is 0.898. The van der Waals surface area contributed by atoms with Gasteiger partial charge in [-0.2, -0.15) is 0 Å². The average molecular weight is 525 g/mol. The Hall–Kier alpha value is -4.26. The predicted octanol–water partition coefficient (Wildman–Crippen LogP) is 6.09. The van der Waals surface area contributed by atoms with Crippen LogP contribution in [0.3, 0.4) is 0 Å². The second-order valence-corrected chi connectivity index (χ2v) is 10.3. The number of rotatable bonds is 10. The smallest absolute Gasteiger partial charge is 0.150 e. The Kier molecular flexibility index (Phi) is 6.51. The van der Waals surface area contributed by atoms with Crippen molar-refractivity contribution in [1.82, 2.24) is 4.98 Å². The van der Waals surface area contributed by atoms with E-state index in [1.54, 1.807) is 25.4 Å². The highest BCUT2D eigenvalue weighted by Crippen LogP contribution is 2.49. The number of halogens is 1. The Morgan fingerprint density at radius 2 is 1.54 bits per heavy atom. The van der Waals surface area contributed by atoms with Crippen LogP contribution in [0.2, 0.25) is 0 Å². The Morgan fingerprint density at radius 3 is 2.10 bits per heavy atom. The molecule has 2 fully saturated rings. The number of carbonyl (C=O) groups is 2. The molecule has 1 saturated carbocycles. The van der Waals surface area contributed by atoms with Gasteiger partial charge >= 0.3 is 0 Å². The van der Waals surface area contributed by atoms with E-state index < -0.39 is 5.41 Å². The highest BCUT2D eigenvalue weighted by molar-refractivity contribution is 6.11. The molecule has 0 spiro atoms. The maximum absolute atomic E-state index is 13.2. The van der Waals surface area contributed by atoms with Crippen LogP contribution >= 0.6 is 0 Å². The van der Waals surface area contributed by atoms with E-state index in [4.69, 9.17) is 9.47 Å². The number of carbonyl (C=O) groups excluding carboxylic acids is 2. The lowest BCUT2D eigenvalue weighted by Crippen LogP contribution is -2.37. The molecule has 4 aromatic rings. The highest BCUT2D eigenvalue weighted by Gasteiger charge is 2.54. The van der Waals surface area contributed by atoms with E-state index in [1.807, 2.05) is 36.4 Å². The van der Waals surface area contributed by atoms with Crippen LogP contribution in [0.1, 0.15) is 30.4 Å². The topological polar surface area (TPSA) is 68.7 Å². The van der Waals surface area contributed by atoms with Gasteiger partial charge in [0, 0.05) is 43.6 Å². The number of hydrogen-bond acceptors (Lipinski definition) is 6. The van der Waals surface area contributed by atoms with Crippen molar-refractivity contribution in [2.45, 2.75) is 32.1 Å². The SMILES string of the molecule is COc1cc2nccc(Oc3ccc(CC(=O)C4(C(=O)Cc5ccc(F)cc5)CC4)cc3)c2cc1N1CCC1. The van der Waals surface area contributed by atoms with E-state index >= 15 is 0 Å². The zero-order valence-corrected chi connectivity index (χ0v) is 21.8. The van der Waals surface area contributed by atoms with Crippen molar-refractivity contribution in [3.05, 3.63) is 89.9 Å². The second kappa shape index (κ2) is 10.1. The first-order valence-corrected chi connectivity index (χ1v) is 13.2. The molecule has 2 aliphatic rings. The lowest BCUT2D eigenvalue weighted by atomic mass is 9.88. The van der Waals surface area contributed by atoms with Crippen molar-refractivity contribution in [2.75, 3.05) is 25.1 Å². The van der Waals surface area contributed by atoms with Crippen molar-refractivity contribution < 1.29 is 23.5 Å². The quantitative estimate of drug-likeness (QED) is 0.234. The van der Waals surface area contributed by atoms with Crippen molar-refractivity contribution in [3.63, 3.8) is 0 Å². The Bertz CT molecular complexity index is 1540. The van der Waals surface area contributed by atoms with Gasteiger partial charge in [-0.3, -0.25) is 14.6 Å². The summed E-state index contributed by atoms with van der Waals surface area (Å²) in [5.41, 5.74) is 2.47. The monoisotopic (exact) mass is 524 g/mol. The molecular weight excluding hydrogens is 495 g/mol. The molecule has 1 saturated heterocycles. The first kappa shape index (κ1) is 25.0. The van der Waals surface area contributed by atoms with Crippen LogP contribution in [0.4, 0.5) is 10.1 Å². The minimum Gasteiger partial charge on any atom is -0.495 e. The number of nitrogens with zero attached hydrogens (tertiary/aromatic N) is 2. The van der Waals surface area contributed by atoms with Gasteiger partial charge in [-0.25, -0.2) is 4.39 Å². The Morgan fingerprint density at radius 1 is 0.897 bits per heavy atom. The van der Waals surface area contributed by atoms with Crippen molar-refractivity contribution in [2.24, 2.45) is 5.41 Å². The first-order chi connectivity index (χ1) is 18.9. The molecule has 0 N–H and O–H groups in total. The number of benzene rings is 3. The Balaban J connectivity index is 1.15. The van der Waals surface area contributed by atoms with Crippen molar-refractivity contribution in [1.29, 1.82) is 0 Å². The molecule has 198 valence electrons. The fourth-order valence-electron chi connectivity index (χ4n) is 5.15. The number of pyridine rings is 1. The van der Waals surface area contributed by atoms with E-state index in [9.17, 15) is 14.0 Å². The van der Waals surface area contributed by atoms with Gasteiger partial charge in [0.25, 0.3) is 0 Å². The third-order valence-electron chi connectivity index (χ3n) is 7.81. The fraction of sp³-hybridized carbons (Fsp3) is 0.281. The number of fused-ring (bicyclic) bond motifs is 1. The molecule has 0 amide bonds. The lowest BCUT2D eigenvalue weighted by molar-refractivity contribution is -0.133. The molecule has 1 aromatic heterocycles. The van der Waals surface area contributed by atoms with Crippen LogP contribution in [0, 0.1) is 11.2 Å². The number of aromatic nitrogens is 1. The number of ether oxygens (including phenoxy) is 2. The summed E-state index contributed by atoms with van der Waals surface area (Å²) in [7, 11) is 1.67. The lowest BCUT2D eigenvalue weighted by Gasteiger charge is -2.34. The maximum Gasteiger partial charge on any atom is 0.150 e. The molecular formula is C32H29FN2O4. The van der Waals surface area contributed by atoms with Crippen molar-refractivity contribution in [3.8, 4) is 17.2 Å². The summed E-state index contributed by atoms with van der Waals surface area (Å²) in [4.78, 5) is 32.9. The van der Waals surface area contributed by atoms with Crippen LogP contribution in [0.15, 0.2) is 72.9 Å². The second-order valence-electron chi connectivity index (χ2n) is 10.3.